The summed E-state index contributed by atoms with van der Waals surface area (Å²) in [6.45, 7) is 5.55. The molecule has 2 aliphatic heterocycles. The first kappa shape index (κ1) is 28.7. The molecule has 0 saturated carbocycles. The van der Waals surface area contributed by atoms with Gasteiger partial charge in [-0.15, -0.1) is 0 Å². The van der Waals surface area contributed by atoms with Crippen molar-refractivity contribution in [1.82, 2.24) is 0 Å². The molecule has 4 aromatic carbocycles. The van der Waals surface area contributed by atoms with Gasteiger partial charge in [-0.25, -0.2) is 0 Å². The molecule has 5 heteroatoms. The molecule has 5 heterocycles. The van der Waals surface area contributed by atoms with Crippen LogP contribution in [0.1, 0.15) is 34.9 Å². The van der Waals surface area contributed by atoms with Crippen LogP contribution < -0.4 is 13.7 Å². The topological polar surface area (TPSA) is 41.1 Å². The predicted molar refractivity (Wildman–Crippen MR) is 186 cm³/mol. The molecule has 0 spiro atoms. The number of hydrogen-bond acceptors (Lipinski definition) is 2. The fourth-order valence-corrected chi connectivity index (χ4v) is 7.63. The third kappa shape index (κ3) is 4.66. The number of aromatic nitrogens is 3. The normalized spacial score (nSPS) is 16.4. The van der Waals surface area contributed by atoms with Gasteiger partial charge in [-0.2, -0.15) is 13.7 Å². The number of aliphatic hydroxyl groups is 1. The van der Waals surface area contributed by atoms with Crippen molar-refractivity contribution in [1.29, 1.82) is 0 Å². The second-order valence-corrected chi connectivity index (χ2v) is 13.0. The van der Waals surface area contributed by atoms with Crippen LogP contribution in [0.3, 0.4) is 0 Å². The molecule has 0 amide bonds. The van der Waals surface area contributed by atoms with Gasteiger partial charge in [0.15, 0.2) is 18.9 Å². The van der Waals surface area contributed by atoms with Gasteiger partial charge in [0.1, 0.15) is 0 Å². The van der Waals surface area contributed by atoms with E-state index in [1.807, 2.05) is 0 Å². The van der Waals surface area contributed by atoms with Gasteiger partial charge in [0.05, 0.1) is 16.5 Å². The summed E-state index contributed by atoms with van der Waals surface area (Å²) < 4.78 is 13.5. The number of fused-ring (bicyclic) bond motifs is 12. The minimum absolute atomic E-state index is 0.457. The lowest BCUT2D eigenvalue weighted by atomic mass is 9.93. The first-order chi connectivity index (χ1) is 23.5. The van der Waals surface area contributed by atoms with Crippen LogP contribution in [-0.2, 0) is 17.8 Å². The van der Waals surface area contributed by atoms with Crippen LogP contribution in [0.2, 0.25) is 0 Å². The molecule has 5 nitrogen and oxygen atoms in total. The molecule has 232 valence electrons. The zero-order chi connectivity index (χ0) is 32.4. The standard InChI is InChI=1S/C43H36N3O2/c1-28-17-19-30(20-18-28)33-24-39-36-12-5-4-11-32(36)26-44-22-8-7-16-38(44)34-14-9-15-35(29(34)2)42-37-13-6-3-10-31(37)21-23-45(42)41-27-46(39)40(25-33)43(47)48-41/h3-25,41,43,47H,26-27H2,1-2H3/q+3. The van der Waals surface area contributed by atoms with Gasteiger partial charge in [-0.05, 0) is 66.3 Å². The van der Waals surface area contributed by atoms with Crippen LogP contribution in [0.4, 0.5) is 0 Å². The fourth-order valence-electron chi connectivity index (χ4n) is 7.63. The largest absolute Gasteiger partial charge is 0.359 e. The molecule has 3 aromatic heterocycles. The van der Waals surface area contributed by atoms with E-state index in [1.165, 1.54) is 22.3 Å². The van der Waals surface area contributed by atoms with Gasteiger partial charge in [0, 0.05) is 41.5 Å². The third-order valence-corrected chi connectivity index (χ3v) is 10.1. The van der Waals surface area contributed by atoms with Crippen LogP contribution in [0.5, 0.6) is 0 Å². The molecule has 2 unspecified atom stereocenters. The van der Waals surface area contributed by atoms with Gasteiger partial charge in [0.25, 0.3) is 0 Å². The summed E-state index contributed by atoms with van der Waals surface area (Å²) in [5.41, 5.74) is 13.3. The van der Waals surface area contributed by atoms with Gasteiger partial charge < -0.3 is 5.11 Å². The number of aliphatic hydroxyl groups excluding tert-OH is 1. The minimum atomic E-state index is -1.12. The summed E-state index contributed by atoms with van der Waals surface area (Å²) in [5.74, 6) is 0. The van der Waals surface area contributed by atoms with Crippen molar-refractivity contribution in [3.63, 3.8) is 0 Å². The molecule has 2 aliphatic rings. The van der Waals surface area contributed by atoms with E-state index in [0.29, 0.717) is 13.1 Å². The molecule has 7 aromatic rings. The van der Waals surface area contributed by atoms with E-state index in [0.717, 1.165) is 55.8 Å². The highest BCUT2D eigenvalue weighted by Gasteiger charge is 2.43. The molecule has 0 radical (unpaired) electrons. The van der Waals surface area contributed by atoms with Crippen LogP contribution in [0.15, 0.2) is 140 Å². The Morgan fingerprint density at radius 3 is 2.33 bits per heavy atom. The molecular formula is C43H36N3O2+3. The zero-order valence-electron chi connectivity index (χ0n) is 27.0. The van der Waals surface area contributed by atoms with E-state index in [9.17, 15) is 5.11 Å². The molecule has 48 heavy (non-hydrogen) atoms. The van der Waals surface area contributed by atoms with Gasteiger partial charge >= 0.3 is 6.23 Å². The highest BCUT2D eigenvalue weighted by atomic mass is 16.6. The summed E-state index contributed by atoms with van der Waals surface area (Å²) in [4.78, 5) is 0. The Morgan fingerprint density at radius 2 is 1.44 bits per heavy atom. The monoisotopic (exact) mass is 626 g/mol. The average molecular weight is 627 g/mol. The number of pyridine rings is 3. The molecule has 1 N–H and O–H groups in total. The van der Waals surface area contributed by atoms with Crippen molar-refractivity contribution >= 4 is 10.8 Å². The number of benzene rings is 4. The Bertz CT molecular complexity index is 2380. The summed E-state index contributed by atoms with van der Waals surface area (Å²) in [6, 6.07) is 45.4. The molecule has 2 atom stereocenters. The summed E-state index contributed by atoms with van der Waals surface area (Å²) in [6.07, 6.45) is 2.72. The van der Waals surface area contributed by atoms with Crippen molar-refractivity contribution in [3.05, 3.63) is 162 Å². The average Bonchev–Trinajstić information content (AvgIpc) is 3.12. The Balaban J connectivity index is 1.38. The Morgan fingerprint density at radius 1 is 0.667 bits per heavy atom. The van der Waals surface area contributed by atoms with Gasteiger partial charge in [0.2, 0.25) is 35.6 Å². The SMILES string of the molecule is Cc1ccc(-c2cc3[n+]4c(c2)C(O)OC(C4)[n+]2ccc4ccccc4c2-c2cccc(c2C)-c2cccc[n+]2Cc2ccccc2-3)cc1. The van der Waals surface area contributed by atoms with E-state index < -0.39 is 12.5 Å². The van der Waals surface area contributed by atoms with Crippen molar-refractivity contribution in [3.8, 4) is 44.9 Å². The van der Waals surface area contributed by atoms with Crippen LogP contribution in [0.25, 0.3) is 55.7 Å². The van der Waals surface area contributed by atoms with E-state index in [1.54, 1.807) is 0 Å². The summed E-state index contributed by atoms with van der Waals surface area (Å²) in [7, 11) is 0. The Kier molecular flexibility index (Phi) is 6.78. The van der Waals surface area contributed by atoms with Crippen molar-refractivity contribution in [2.45, 2.75) is 39.5 Å². The molecular weight excluding hydrogens is 590 g/mol. The Labute approximate surface area is 280 Å². The highest BCUT2D eigenvalue weighted by molar-refractivity contribution is 5.94. The van der Waals surface area contributed by atoms with E-state index in [-0.39, 0.29) is 0 Å². The first-order valence-electron chi connectivity index (χ1n) is 16.6. The minimum Gasteiger partial charge on any atom is -0.359 e. The first-order valence-corrected chi connectivity index (χ1v) is 16.6. The van der Waals surface area contributed by atoms with Crippen LogP contribution >= 0.6 is 0 Å². The van der Waals surface area contributed by atoms with Crippen molar-refractivity contribution in [2.24, 2.45) is 0 Å². The van der Waals surface area contributed by atoms with Gasteiger partial charge in [-0.1, -0.05) is 72.3 Å². The molecule has 9 rings (SSSR count). The smallest absolute Gasteiger partial charge is 0.326 e. The lowest BCUT2D eigenvalue weighted by molar-refractivity contribution is -0.843. The second-order valence-electron chi connectivity index (χ2n) is 13.0. The van der Waals surface area contributed by atoms with E-state index in [4.69, 9.17) is 4.74 Å². The van der Waals surface area contributed by atoms with Crippen molar-refractivity contribution < 1.29 is 23.5 Å². The molecule has 0 aliphatic carbocycles. The summed E-state index contributed by atoms with van der Waals surface area (Å²) in [5, 5.41) is 14.2. The van der Waals surface area contributed by atoms with E-state index >= 15 is 0 Å². The highest BCUT2D eigenvalue weighted by Crippen LogP contribution is 2.37. The number of aryl methyl sites for hydroxylation is 1. The quantitative estimate of drug-likeness (QED) is 0.191. The maximum atomic E-state index is 11.9. The lowest BCUT2D eigenvalue weighted by Gasteiger charge is -2.25. The molecule has 0 saturated heterocycles. The lowest BCUT2D eigenvalue weighted by Crippen LogP contribution is -2.57. The number of nitrogens with zero attached hydrogens (tertiary/aromatic N) is 3. The van der Waals surface area contributed by atoms with Gasteiger partial charge in [-0.3, -0.25) is 4.74 Å². The summed E-state index contributed by atoms with van der Waals surface area (Å²) >= 11 is 0. The Hall–Kier alpha value is -5.49. The second kappa shape index (κ2) is 11.3. The van der Waals surface area contributed by atoms with E-state index in [2.05, 4.69) is 167 Å². The predicted octanol–water partition coefficient (Wildman–Crippen LogP) is 7.57. The van der Waals surface area contributed by atoms with Crippen LogP contribution in [-0.4, -0.2) is 5.11 Å². The number of ether oxygens (including phenoxy) is 1. The zero-order valence-corrected chi connectivity index (χ0v) is 27.0. The van der Waals surface area contributed by atoms with Crippen LogP contribution in [0, 0.1) is 13.8 Å². The van der Waals surface area contributed by atoms with Crippen molar-refractivity contribution in [2.75, 3.05) is 0 Å². The number of hydrogen-bond donors (Lipinski definition) is 1. The number of rotatable bonds is 1. The molecule has 4 bridgehead atoms. The molecule has 0 fully saturated rings. The fraction of sp³-hybridized carbons (Fsp3) is 0.140. The third-order valence-electron chi connectivity index (χ3n) is 10.1. The maximum absolute atomic E-state index is 11.9. The maximum Gasteiger partial charge on any atom is 0.326 e.